The Morgan fingerprint density at radius 2 is 1.50 bits per heavy atom. The molecule has 0 aromatic heterocycles. The highest BCUT2D eigenvalue weighted by molar-refractivity contribution is 5.62. The minimum absolute atomic E-state index is 0.484. The van der Waals surface area contributed by atoms with Crippen LogP contribution in [0.3, 0.4) is 0 Å². The first-order valence-corrected chi connectivity index (χ1v) is 11.2. The number of anilines is 1. The second-order valence-corrected chi connectivity index (χ2v) is 9.32. The van der Waals surface area contributed by atoms with E-state index in [0.29, 0.717) is 17.9 Å². The van der Waals surface area contributed by atoms with Gasteiger partial charge in [0.15, 0.2) is 0 Å². The maximum Gasteiger partial charge on any atom is 0.0713 e. The van der Waals surface area contributed by atoms with Gasteiger partial charge in [-0.05, 0) is 48.6 Å². The molecule has 0 N–H and O–H groups in total. The Kier molecular flexibility index (Phi) is 8.82. The molecule has 1 aromatic carbocycles. The zero-order chi connectivity index (χ0) is 20.7. The van der Waals surface area contributed by atoms with Gasteiger partial charge in [-0.1, -0.05) is 84.0 Å². The topological polar surface area (TPSA) is 6.48 Å². The van der Waals surface area contributed by atoms with Crippen LogP contribution in [-0.2, 0) is 0 Å². The van der Waals surface area contributed by atoms with Crippen molar-refractivity contribution in [2.45, 2.75) is 79.2 Å². The minimum Gasteiger partial charge on any atom is -0.357 e. The molecule has 0 bridgehead atoms. The second kappa shape index (κ2) is 10.9. The standard InChI is InChI=1S/C26H42N2/c1-20(2)13-10-8-9-11-14-23(7)27-17-18-28(19-27)26-24(21(3)4)15-12-16-25(26)22(5)6/h8,10-12,14-16,20-23H,9,13,17-19H2,1-7H3/b10-8-,14-11-. The van der Waals surface area contributed by atoms with Gasteiger partial charge in [0.2, 0.25) is 0 Å². The van der Waals surface area contributed by atoms with Crippen molar-refractivity contribution in [1.29, 1.82) is 0 Å². The van der Waals surface area contributed by atoms with Crippen LogP contribution in [0.15, 0.2) is 42.5 Å². The number of allylic oxidation sites excluding steroid dienone is 3. The Balaban J connectivity index is 2.03. The van der Waals surface area contributed by atoms with Crippen LogP contribution in [0.2, 0.25) is 0 Å². The van der Waals surface area contributed by atoms with Crippen LogP contribution in [0.1, 0.15) is 84.3 Å². The molecular formula is C26H42N2. The minimum atomic E-state index is 0.484. The fraction of sp³-hybridized carbons (Fsp3) is 0.615. The van der Waals surface area contributed by atoms with Gasteiger partial charge in [-0.3, -0.25) is 4.90 Å². The van der Waals surface area contributed by atoms with Crippen molar-refractivity contribution in [3.8, 4) is 0 Å². The average molecular weight is 383 g/mol. The molecule has 0 amide bonds. The summed E-state index contributed by atoms with van der Waals surface area (Å²) in [4.78, 5) is 5.20. The molecule has 0 aliphatic carbocycles. The molecule has 1 aliphatic rings. The van der Waals surface area contributed by atoms with Gasteiger partial charge in [0.1, 0.15) is 0 Å². The maximum absolute atomic E-state index is 2.61. The fourth-order valence-corrected chi connectivity index (χ4v) is 3.94. The molecule has 0 saturated carbocycles. The van der Waals surface area contributed by atoms with Crippen LogP contribution in [0.5, 0.6) is 0 Å². The normalized spacial score (nSPS) is 17.3. The predicted octanol–water partition coefficient (Wildman–Crippen LogP) is 6.95. The molecule has 1 atom stereocenters. The predicted molar refractivity (Wildman–Crippen MR) is 125 cm³/mol. The zero-order valence-corrected chi connectivity index (χ0v) is 19.3. The summed E-state index contributed by atoms with van der Waals surface area (Å²) in [5.41, 5.74) is 4.47. The summed E-state index contributed by atoms with van der Waals surface area (Å²) in [6, 6.07) is 7.36. The molecule has 0 radical (unpaired) electrons. The quantitative estimate of drug-likeness (QED) is 0.426. The van der Waals surface area contributed by atoms with E-state index in [9.17, 15) is 0 Å². The lowest BCUT2D eigenvalue weighted by atomic mass is 9.92. The molecule has 1 aromatic rings. The number of nitrogens with zero attached hydrogens (tertiary/aromatic N) is 2. The smallest absolute Gasteiger partial charge is 0.0713 e. The van der Waals surface area contributed by atoms with Gasteiger partial charge in [-0.25, -0.2) is 0 Å². The molecule has 2 heteroatoms. The Labute approximate surface area is 174 Å². The number of para-hydroxylation sites is 1. The summed E-state index contributed by atoms with van der Waals surface area (Å²) < 4.78 is 0. The molecule has 1 aliphatic heterocycles. The summed E-state index contributed by atoms with van der Waals surface area (Å²) in [5.74, 6) is 1.86. The lowest BCUT2D eigenvalue weighted by molar-refractivity contribution is 0.302. The third-order valence-corrected chi connectivity index (χ3v) is 5.71. The highest BCUT2D eigenvalue weighted by atomic mass is 15.4. The third kappa shape index (κ3) is 6.24. The molecule has 1 unspecified atom stereocenters. The molecular weight excluding hydrogens is 340 g/mol. The summed E-state index contributed by atoms with van der Waals surface area (Å²) >= 11 is 0. The number of hydrogen-bond acceptors (Lipinski definition) is 2. The maximum atomic E-state index is 2.61. The Bertz CT molecular complexity index is 628. The molecule has 2 rings (SSSR count). The van der Waals surface area contributed by atoms with E-state index >= 15 is 0 Å². The van der Waals surface area contributed by atoms with Crippen molar-refractivity contribution in [3.05, 3.63) is 53.6 Å². The lowest BCUT2D eigenvalue weighted by Crippen LogP contribution is -2.32. The lowest BCUT2D eigenvalue weighted by Gasteiger charge is -2.29. The molecule has 28 heavy (non-hydrogen) atoms. The van der Waals surface area contributed by atoms with E-state index in [2.05, 4.69) is 101 Å². The third-order valence-electron chi connectivity index (χ3n) is 5.71. The molecule has 156 valence electrons. The SMILES string of the molecule is CC(C)C/C=C\C/C=C\C(C)N1CCN(c2c(C(C)C)cccc2C(C)C)C1. The highest BCUT2D eigenvalue weighted by Crippen LogP contribution is 2.36. The van der Waals surface area contributed by atoms with Crippen LogP contribution in [0, 0.1) is 5.92 Å². The van der Waals surface area contributed by atoms with Gasteiger partial charge in [0, 0.05) is 24.8 Å². The van der Waals surface area contributed by atoms with Crippen LogP contribution in [0.25, 0.3) is 0 Å². The van der Waals surface area contributed by atoms with E-state index in [-0.39, 0.29) is 0 Å². The van der Waals surface area contributed by atoms with Crippen LogP contribution in [-0.4, -0.2) is 30.7 Å². The first-order chi connectivity index (χ1) is 13.3. The first kappa shape index (κ1) is 22.7. The monoisotopic (exact) mass is 382 g/mol. The molecule has 2 nitrogen and oxygen atoms in total. The fourth-order valence-electron chi connectivity index (χ4n) is 3.94. The van der Waals surface area contributed by atoms with Gasteiger partial charge in [-0.2, -0.15) is 0 Å². The first-order valence-electron chi connectivity index (χ1n) is 11.2. The van der Waals surface area contributed by atoms with Crippen molar-refractivity contribution in [3.63, 3.8) is 0 Å². The van der Waals surface area contributed by atoms with Crippen molar-refractivity contribution in [2.75, 3.05) is 24.7 Å². The van der Waals surface area contributed by atoms with E-state index in [1.54, 1.807) is 0 Å². The molecule has 1 fully saturated rings. The van der Waals surface area contributed by atoms with Gasteiger partial charge in [0.25, 0.3) is 0 Å². The summed E-state index contributed by atoms with van der Waals surface area (Å²) in [5, 5.41) is 0. The van der Waals surface area contributed by atoms with Gasteiger partial charge < -0.3 is 4.90 Å². The van der Waals surface area contributed by atoms with E-state index in [0.717, 1.165) is 32.1 Å². The van der Waals surface area contributed by atoms with Crippen LogP contribution in [0.4, 0.5) is 5.69 Å². The highest BCUT2D eigenvalue weighted by Gasteiger charge is 2.27. The van der Waals surface area contributed by atoms with Gasteiger partial charge in [0.05, 0.1) is 6.67 Å². The van der Waals surface area contributed by atoms with Gasteiger partial charge in [-0.15, -0.1) is 0 Å². The second-order valence-electron chi connectivity index (χ2n) is 9.32. The van der Waals surface area contributed by atoms with Crippen molar-refractivity contribution >= 4 is 5.69 Å². The largest absolute Gasteiger partial charge is 0.357 e. The molecule has 1 saturated heterocycles. The molecule has 0 spiro atoms. The number of hydrogen-bond donors (Lipinski definition) is 0. The van der Waals surface area contributed by atoms with E-state index in [4.69, 9.17) is 0 Å². The Morgan fingerprint density at radius 1 is 0.857 bits per heavy atom. The number of rotatable bonds is 9. The Morgan fingerprint density at radius 3 is 2.07 bits per heavy atom. The van der Waals surface area contributed by atoms with Crippen molar-refractivity contribution < 1.29 is 0 Å². The van der Waals surface area contributed by atoms with E-state index in [1.165, 1.54) is 23.2 Å². The van der Waals surface area contributed by atoms with Crippen molar-refractivity contribution in [1.82, 2.24) is 4.90 Å². The van der Waals surface area contributed by atoms with Crippen LogP contribution < -0.4 is 4.90 Å². The number of benzene rings is 1. The summed E-state index contributed by atoms with van der Waals surface area (Å²) in [7, 11) is 0. The van der Waals surface area contributed by atoms with Crippen LogP contribution >= 0.6 is 0 Å². The summed E-state index contributed by atoms with van der Waals surface area (Å²) in [6.07, 6.45) is 11.5. The summed E-state index contributed by atoms with van der Waals surface area (Å²) in [6.45, 7) is 19.4. The average Bonchev–Trinajstić information content (AvgIpc) is 3.13. The Hall–Kier alpha value is -1.54. The van der Waals surface area contributed by atoms with E-state index in [1.807, 2.05) is 0 Å². The molecule has 1 heterocycles. The van der Waals surface area contributed by atoms with Gasteiger partial charge >= 0.3 is 0 Å². The zero-order valence-electron chi connectivity index (χ0n) is 19.3. The van der Waals surface area contributed by atoms with E-state index < -0.39 is 0 Å². The van der Waals surface area contributed by atoms with Crippen molar-refractivity contribution in [2.24, 2.45) is 5.92 Å².